The van der Waals surface area contributed by atoms with Gasteiger partial charge in [-0.1, -0.05) is 19.1 Å². The summed E-state index contributed by atoms with van der Waals surface area (Å²) in [6, 6.07) is 9.12. The molecule has 0 amide bonds. The molecule has 0 spiro atoms. The Labute approximate surface area is 104 Å². The maximum atomic E-state index is 6.04. The largest absolute Gasteiger partial charge is 0.378 e. The predicted octanol–water partition coefficient (Wildman–Crippen LogP) is 1.53. The van der Waals surface area contributed by atoms with Crippen molar-refractivity contribution in [1.82, 2.24) is 4.90 Å². The highest BCUT2D eigenvalue weighted by Crippen LogP contribution is 2.19. The van der Waals surface area contributed by atoms with Crippen LogP contribution in [0.1, 0.15) is 12.5 Å². The van der Waals surface area contributed by atoms with Crippen molar-refractivity contribution >= 4 is 5.69 Å². The molecular weight excluding hydrogens is 210 g/mol. The quantitative estimate of drug-likeness (QED) is 0.859. The monoisotopic (exact) mass is 233 g/mol. The average Bonchev–Trinajstić information content (AvgIpc) is 2.58. The summed E-state index contributed by atoms with van der Waals surface area (Å²) in [7, 11) is 4.13. The zero-order valence-electron chi connectivity index (χ0n) is 11.1. The Kier molecular flexibility index (Phi) is 3.69. The molecule has 1 aromatic carbocycles. The first-order valence-corrected chi connectivity index (χ1v) is 6.30. The van der Waals surface area contributed by atoms with E-state index in [2.05, 4.69) is 55.1 Å². The molecule has 0 saturated carbocycles. The molecule has 0 bridgehead atoms. The molecule has 2 N–H and O–H groups in total. The lowest BCUT2D eigenvalue weighted by atomic mass is 10.1. The first-order valence-electron chi connectivity index (χ1n) is 6.30. The number of hydrogen-bond acceptors (Lipinski definition) is 3. The van der Waals surface area contributed by atoms with E-state index in [1.165, 1.54) is 11.3 Å². The highest BCUT2D eigenvalue weighted by molar-refractivity contribution is 5.45. The van der Waals surface area contributed by atoms with Gasteiger partial charge in [-0.05, 0) is 23.6 Å². The zero-order valence-corrected chi connectivity index (χ0v) is 11.1. The van der Waals surface area contributed by atoms with Gasteiger partial charge in [0, 0.05) is 45.5 Å². The smallest absolute Gasteiger partial charge is 0.0361 e. The molecule has 1 aromatic rings. The standard InChI is InChI=1S/C14H23N3/c1-11-8-17(10-14(11)15)9-12-4-6-13(7-5-12)16(2)3/h4-7,11,14H,8-10,15H2,1-3H3. The van der Waals surface area contributed by atoms with Gasteiger partial charge in [-0.15, -0.1) is 0 Å². The predicted molar refractivity (Wildman–Crippen MR) is 73.2 cm³/mol. The maximum Gasteiger partial charge on any atom is 0.0361 e. The normalized spacial score (nSPS) is 25.2. The van der Waals surface area contributed by atoms with Gasteiger partial charge in [-0.3, -0.25) is 4.90 Å². The molecule has 1 aliphatic heterocycles. The fourth-order valence-electron chi connectivity index (χ4n) is 2.38. The topological polar surface area (TPSA) is 32.5 Å². The Hall–Kier alpha value is -1.06. The summed E-state index contributed by atoms with van der Waals surface area (Å²) in [5, 5.41) is 0. The molecule has 0 aliphatic carbocycles. The van der Waals surface area contributed by atoms with Gasteiger partial charge in [0.2, 0.25) is 0 Å². The number of anilines is 1. The van der Waals surface area contributed by atoms with E-state index in [9.17, 15) is 0 Å². The SMILES string of the molecule is CC1CN(Cc2ccc(N(C)C)cc2)CC1N. The second-order valence-electron chi connectivity index (χ2n) is 5.40. The van der Waals surface area contributed by atoms with Crippen molar-refractivity contribution in [2.24, 2.45) is 11.7 Å². The van der Waals surface area contributed by atoms with Crippen LogP contribution >= 0.6 is 0 Å². The van der Waals surface area contributed by atoms with Gasteiger partial charge in [-0.25, -0.2) is 0 Å². The van der Waals surface area contributed by atoms with Crippen LogP contribution in [0.5, 0.6) is 0 Å². The van der Waals surface area contributed by atoms with E-state index in [0.29, 0.717) is 12.0 Å². The molecule has 2 rings (SSSR count). The van der Waals surface area contributed by atoms with Gasteiger partial charge in [0.05, 0.1) is 0 Å². The lowest BCUT2D eigenvalue weighted by molar-refractivity contribution is 0.319. The highest BCUT2D eigenvalue weighted by Gasteiger charge is 2.26. The third kappa shape index (κ3) is 2.99. The van der Waals surface area contributed by atoms with Crippen LogP contribution in [0.4, 0.5) is 5.69 Å². The number of rotatable bonds is 3. The summed E-state index contributed by atoms with van der Waals surface area (Å²) < 4.78 is 0. The number of benzene rings is 1. The molecular formula is C14H23N3. The van der Waals surface area contributed by atoms with E-state index >= 15 is 0 Å². The molecule has 94 valence electrons. The van der Waals surface area contributed by atoms with Crippen LogP contribution in [-0.2, 0) is 6.54 Å². The van der Waals surface area contributed by atoms with Crippen LogP contribution in [0, 0.1) is 5.92 Å². The van der Waals surface area contributed by atoms with E-state index in [1.807, 2.05) is 0 Å². The number of nitrogens with two attached hydrogens (primary N) is 1. The minimum absolute atomic E-state index is 0.344. The van der Waals surface area contributed by atoms with Crippen LogP contribution in [-0.4, -0.2) is 38.1 Å². The molecule has 0 aromatic heterocycles. The Balaban J connectivity index is 1.95. The second kappa shape index (κ2) is 5.07. The third-order valence-corrected chi connectivity index (χ3v) is 3.61. The van der Waals surface area contributed by atoms with E-state index in [-0.39, 0.29) is 0 Å². The minimum Gasteiger partial charge on any atom is -0.378 e. The van der Waals surface area contributed by atoms with Gasteiger partial charge in [0.25, 0.3) is 0 Å². The number of nitrogens with zero attached hydrogens (tertiary/aromatic N) is 2. The number of likely N-dealkylation sites (tertiary alicyclic amines) is 1. The summed E-state index contributed by atoms with van der Waals surface area (Å²) >= 11 is 0. The van der Waals surface area contributed by atoms with Crippen molar-refractivity contribution in [3.63, 3.8) is 0 Å². The summed E-state index contributed by atoms with van der Waals surface area (Å²) in [6.45, 7) is 5.40. The van der Waals surface area contributed by atoms with Gasteiger partial charge in [0.1, 0.15) is 0 Å². The fourth-order valence-corrected chi connectivity index (χ4v) is 2.38. The van der Waals surface area contributed by atoms with E-state index < -0.39 is 0 Å². The lowest BCUT2D eigenvalue weighted by Crippen LogP contribution is -2.28. The van der Waals surface area contributed by atoms with Crippen molar-refractivity contribution in [3.8, 4) is 0 Å². The summed E-state index contributed by atoms with van der Waals surface area (Å²) in [5.74, 6) is 0.621. The molecule has 1 saturated heterocycles. The fraction of sp³-hybridized carbons (Fsp3) is 0.571. The first-order chi connectivity index (χ1) is 8.06. The van der Waals surface area contributed by atoms with Crippen LogP contribution in [0.2, 0.25) is 0 Å². The molecule has 17 heavy (non-hydrogen) atoms. The molecule has 3 nitrogen and oxygen atoms in total. The third-order valence-electron chi connectivity index (χ3n) is 3.61. The molecule has 1 fully saturated rings. The van der Waals surface area contributed by atoms with Crippen LogP contribution in [0.15, 0.2) is 24.3 Å². The number of hydrogen-bond donors (Lipinski definition) is 1. The molecule has 1 heterocycles. The van der Waals surface area contributed by atoms with Gasteiger partial charge < -0.3 is 10.6 Å². The van der Waals surface area contributed by atoms with Crippen molar-refractivity contribution in [3.05, 3.63) is 29.8 Å². The van der Waals surface area contributed by atoms with Gasteiger partial charge >= 0.3 is 0 Å². The first kappa shape index (κ1) is 12.4. The van der Waals surface area contributed by atoms with Crippen molar-refractivity contribution < 1.29 is 0 Å². The Morgan fingerprint density at radius 3 is 2.35 bits per heavy atom. The molecule has 1 aliphatic rings. The van der Waals surface area contributed by atoms with Crippen LogP contribution in [0.25, 0.3) is 0 Å². The van der Waals surface area contributed by atoms with E-state index in [0.717, 1.165) is 19.6 Å². The van der Waals surface area contributed by atoms with Gasteiger partial charge in [-0.2, -0.15) is 0 Å². The lowest BCUT2D eigenvalue weighted by Gasteiger charge is -2.17. The Bertz CT molecular complexity index is 348. The van der Waals surface area contributed by atoms with Crippen molar-refractivity contribution in [1.29, 1.82) is 0 Å². The summed E-state index contributed by atoms with van der Waals surface area (Å²) in [4.78, 5) is 4.57. The van der Waals surface area contributed by atoms with E-state index in [1.54, 1.807) is 0 Å². The molecule has 0 radical (unpaired) electrons. The van der Waals surface area contributed by atoms with Crippen molar-refractivity contribution in [2.75, 3.05) is 32.1 Å². The average molecular weight is 233 g/mol. The van der Waals surface area contributed by atoms with E-state index in [4.69, 9.17) is 5.73 Å². The van der Waals surface area contributed by atoms with Crippen LogP contribution in [0.3, 0.4) is 0 Å². The second-order valence-corrected chi connectivity index (χ2v) is 5.40. The summed E-state index contributed by atoms with van der Waals surface area (Å²) in [6.07, 6.45) is 0. The molecule has 2 unspecified atom stereocenters. The Morgan fingerprint density at radius 2 is 1.88 bits per heavy atom. The summed E-state index contributed by atoms with van der Waals surface area (Å²) in [5.41, 5.74) is 8.66. The van der Waals surface area contributed by atoms with Crippen LogP contribution < -0.4 is 10.6 Å². The minimum atomic E-state index is 0.344. The van der Waals surface area contributed by atoms with Crippen molar-refractivity contribution in [2.45, 2.75) is 19.5 Å². The molecule has 2 atom stereocenters. The van der Waals surface area contributed by atoms with Gasteiger partial charge in [0.15, 0.2) is 0 Å². The highest BCUT2D eigenvalue weighted by atomic mass is 15.2. The maximum absolute atomic E-state index is 6.04. The Morgan fingerprint density at radius 1 is 1.24 bits per heavy atom. The zero-order chi connectivity index (χ0) is 12.4. The molecule has 3 heteroatoms.